The first-order chi connectivity index (χ1) is 12.7. The molecule has 0 saturated carbocycles. The number of carbonyl (C=O) groups excluding carboxylic acids is 1. The van der Waals surface area contributed by atoms with Crippen LogP contribution in [0.25, 0.3) is 6.08 Å². The first-order valence-corrected chi connectivity index (χ1v) is 10.1. The summed E-state index contributed by atoms with van der Waals surface area (Å²) in [5, 5.41) is 4.15. The predicted octanol–water partition coefficient (Wildman–Crippen LogP) is 3.36. The molecule has 2 heterocycles. The molecule has 0 radical (unpaired) electrons. The fraction of sp³-hybridized carbons (Fsp3) is 0.400. The number of ether oxygens (including phenoxy) is 1. The molecule has 2 aromatic rings. The Morgan fingerprint density at radius 3 is 2.85 bits per heavy atom. The molecule has 0 amide bonds. The molecule has 0 bridgehead atoms. The van der Waals surface area contributed by atoms with E-state index in [-0.39, 0.29) is 5.78 Å². The van der Waals surface area contributed by atoms with E-state index in [0.29, 0.717) is 5.56 Å². The lowest BCUT2D eigenvalue weighted by atomic mass is 10.1. The first kappa shape index (κ1) is 18.7. The van der Waals surface area contributed by atoms with Gasteiger partial charge in [-0.1, -0.05) is 12.1 Å². The van der Waals surface area contributed by atoms with Crippen molar-refractivity contribution in [2.24, 2.45) is 0 Å². The standard InChI is InChI=1S/C20H25N3O2S/c1-3-23-15-18(13-21-23)19(24)6-4-16-5-7-20(25-2)17(12-16)14-22-8-10-26-11-9-22/h4-7,12-13,15H,3,8-11,14H2,1-2H3/b6-4+. The average molecular weight is 372 g/mol. The molecule has 1 fully saturated rings. The Morgan fingerprint density at radius 1 is 1.35 bits per heavy atom. The van der Waals surface area contributed by atoms with Gasteiger partial charge in [0.25, 0.3) is 0 Å². The highest BCUT2D eigenvalue weighted by Gasteiger charge is 2.13. The second-order valence-corrected chi connectivity index (χ2v) is 7.47. The topological polar surface area (TPSA) is 47.4 Å². The van der Waals surface area contributed by atoms with Gasteiger partial charge in [-0.3, -0.25) is 14.4 Å². The maximum absolute atomic E-state index is 12.3. The third-order valence-corrected chi connectivity index (χ3v) is 5.41. The average Bonchev–Trinajstić information content (AvgIpc) is 3.16. The summed E-state index contributed by atoms with van der Waals surface area (Å²) in [6.07, 6.45) is 6.87. The summed E-state index contributed by atoms with van der Waals surface area (Å²) >= 11 is 2.01. The maximum atomic E-state index is 12.3. The van der Waals surface area contributed by atoms with Crippen molar-refractivity contribution in [3.63, 3.8) is 0 Å². The number of benzene rings is 1. The molecule has 138 valence electrons. The van der Waals surface area contributed by atoms with Gasteiger partial charge >= 0.3 is 0 Å². The van der Waals surface area contributed by atoms with Crippen LogP contribution in [0, 0.1) is 0 Å². The fourth-order valence-electron chi connectivity index (χ4n) is 2.96. The number of thioether (sulfide) groups is 1. The van der Waals surface area contributed by atoms with Gasteiger partial charge in [-0.05, 0) is 30.7 Å². The van der Waals surface area contributed by atoms with E-state index >= 15 is 0 Å². The van der Waals surface area contributed by atoms with E-state index < -0.39 is 0 Å². The van der Waals surface area contributed by atoms with E-state index in [1.54, 1.807) is 30.3 Å². The number of aromatic nitrogens is 2. The number of rotatable bonds is 7. The Hall–Kier alpha value is -2.05. The van der Waals surface area contributed by atoms with Crippen LogP contribution < -0.4 is 4.74 Å². The summed E-state index contributed by atoms with van der Waals surface area (Å²) in [5.74, 6) is 3.23. The number of nitrogens with zero attached hydrogens (tertiary/aromatic N) is 3. The molecule has 0 aliphatic carbocycles. The van der Waals surface area contributed by atoms with Crippen LogP contribution >= 0.6 is 11.8 Å². The SMILES string of the molecule is CCn1cc(C(=O)/C=C/c2ccc(OC)c(CN3CCSCC3)c2)cn1. The predicted molar refractivity (Wildman–Crippen MR) is 107 cm³/mol. The summed E-state index contributed by atoms with van der Waals surface area (Å²) in [5.41, 5.74) is 2.78. The summed E-state index contributed by atoms with van der Waals surface area (Å²) in [6, 6.07) is 6.07. The molecule has 1 aliphatic rings. The van der Waals surface area contributed by atoms with Crippen molar-refractivity contribution in [3.05, 3.63) is 53.4 Å². The van der Waals surface area contributed by atoms with Crippen LogP contribution in [-0.2, 0) is 13.1 Å². The lowest BCUT2D eigenvalue weighted by Gasteiger charge is -2.26. The van der Waals surface area contributed by atoms with Crippen molar-refractivity contribution in [1.29, 1.82) is 0 Å². The van der Waals surface area contributed by atoms with Gasteiger partial charge in [-0.2, -0.15) is 16.9 Å². The number of allylic oxidation sites excluding steroid dienone is 1. The lowest BCUT2D eigenvalue weighted by molar-refractivity contribution is 0.104. The van der Waals surface area contributed by atoms with Crippen molar-refractivity contribution in [2.75, 3.05) is 31.7 Å². The van der Waals surface area contributed by atoms with E-state index in [1.165, 1.54) is 11.5 Å². The van der Waals surface area contributed by atoms with Crippen LogP contribution in [-0.4, -0.2) is 52.2 Å². The first-order valence-electron chi connectivity index (χ1n) is 8.91. The van der Waals surface area contributed by atoms with Crippen LogP contribution in [0.3, 0.4) is 0 Å². The second kappa shape index (κ2) is 9.05. The minimum atomic E-state index is -0.0323. The smallest absolute Gasteiger partial charge is 0.189 e. The zero-order valence-corrected chi connectivity index (χ0v) is 16.2. The highest BCUT2D eigenvalue weighted by molar-refractivity contribution is 7.99. The van der Waals surface area contributed by atoms with Gasteiger partial charge < -0.3 is 4.74 Å². The van der Waals surface area contributed by atoms with Crippen LogP contribution in [0.4, 0.5) is 0 Å². The quantitative estimate of drug-likeness (QED) is 0.552. The van der Waals surface area contributed by atoms with Gasteiger partial charge in [0.2, 0.25) is 0 Å². The Bertz CT molecular complexity index is 779. The molecule has 5 nitrogen and oxygen atoms in total. The normalized spacial score (nSPS) is 15.5. The third kappa shape index (κ3) is 4.77. The number of ketones is 1. The molecule has 1 aromatic heterocycles. The molecular weight excluding hydrogens is 346 g/mol. The molecule has 26 heavy (non-hydrogen) atoms. The van der Waals surface area contributed by atoms with Crippen molar-refractivity contribution in [3.8, 4) is 5.75 Å². The number of hydrogen-bond acceptors (Lipinski definition) is 5. The molecule has 0 unspecified atom stereocenters. The highest BCUT2D eigenvalue weighted by Crippen LogP contribution is 2.24. The van der Waals surface area contributed by atoms with Crippen LogP contribution in [0.15, 0.2) is 36.7 Å². The lowest BCUT2D eigenvalue weighted by Crippen LogP contribution is -2.32. The molecule has 0 spiro atoms. The van der Waals surface area contributed by atoms with Crippen molar-refractivity contribution < 1.29 is 9.53 Å². The fourth-order valence-corrected chi connectivity index (χ4v) is 3.94. The van der Waals surface area contributed by atoms with Gasteiger partial charge in [-0.15, -0.1) is 0 Å². The molecule has 0 N–H and O–H groups in total. The third-order valence-electron chi connectivity index (χ3n) is 4.47. The van der Waals surface area contributed by atoms with Gasteiger partial charge in [0, 0.05) is 49.4 Å². The molecular formula is C20H25N3O2S. The number of aryl methyl sites for hydroxylation is 1. The Balaban J connectivity index is 1.72. The molecule has 6 heteroatoms. The number of methoxy groups -OCH3 is 1. The Labute approximate surface area is 159 Å². The number of hydrogen-bond donors (Lipinski definition) is 0. The zero-order chi connectivity index (χ0) is 18.4. The Morgan fingerprint density at radius 2 is 2.15 bits per heavy atom. The van der Waals surface area contributed by atoms with E-state index in [9.17, 15) is 4.79 Å². The molecule has 1 saturated heterocycles. The van der Waals surface area contributed by atoms with Crippen molar-refractivity contribution >= 4 is 23.6 Å². The second-order valence-electron chi connectivity index (χ2n) is 6.24. The summed E-state index contributed by atoms with van der Waals surface area (Å²) < 4.78 is 7.27. The van der Waals surface area contributed by atoms with Crippen LogP contribution in [0.1, 0.15) is 28.4 Å². The Kier molecular flexibility index (Phi) is 6.52. The largest absolute Gasteiger partial charge is 0.496 e. The summed E-state index contributed by atoms with van der Waals surface area (Å²) in [6.45, 7) is 5.84. The summed E-state index contributed by atoms with van der Waals surface area (Å²) in [4.78, 5) is 14.7. The maximum Gasteiger partial charge on any atom is 0.189 e. The van der Waals surface area contributed by atoms with Crippen LogP contribution in [0.2, 0.25) is 0 Å². The minimum absolute atomic E-state index is 0.0323. The van der Waals surface area contributed by atoms with E-state index in [1.807, 2.05) is 36.9 Å². The minimum Gasteiger partial charge on any atom is -0.496 e. The molecule has 1 aliphatic heterocycles. The van der Waals surface area contributed by atoms with Gasteiger partial charge in [0.05, 0.1) is 18.9 Å². The van der Waals surface area contributed by atoms with E-state index in [0.717, 1.165) is 43.1 Å². The van der Waals surface area contributed by atoms with Gasteiger partial charge in [0.15, 0.2) is 5.78 Å². The summed E-state index contributed by atoms with van der Waals surface area (Å²) in [7, 11) is 1.70. The molecule has 3 rings (SSSR count). The van der Waals surface area contributed by atoms with Gasteiger partial charge in [-0.25, -0.2) is 0 Å². The van der Waals surface area contributed by atoms with Crippen molar-refractivity contribution in [2.45, 2.75) is 20.0 Å². The number of carbonyl (C=O) groups is 1. The molecule has 1 aromatic carbocycles. The molecule has 0 atom stereocenters. The van der Waals surface area contributed by atoms with Crippen LogP contribution in [0.5, 0.6) is 5.75 Å². The van der Waals surface area contributed by atoms with Crippen molar-refractivity contribution in [1.82, 2.24) is 14.7 Å². The monoisotopic (exact) mass is 371 g/mol. The van der Waals surface area contributed by atoms with E-state index in [2.05, 4.69) is 16.1 Å². The van der Waals surface area contributed by atoms with Gasteiger partial charge in [0.1, 0.15) is 5.75 Å². The van der Waals surface area contributed by atoms with E-state index in [4.69, 9.17) is 4.74 Å². The highest BCUT2D eigenvalue weighted by atomic mass is 32.2. The zero-order valence-electron chi connectivity index (χ0n) is 15.4.